The first-order valence-electron chi connectivity index (χ1n) is 6.87. The largest absolute Gasteiger partial charge is 0.481 e. The SMILES string of the molecule is CC(=O)N1CSCC1C(=O)NC1CCC(C(=O)O)CC1. The van der Waals surface area contributed by atoms with Crippen LogP contribution in [-0.4, -0.2) is 51.5 Å². The van der Waals surface area contributed by atoms with Crippen molar-refractivity contribution in [1.82, 2.24) is 10.2 Å². The van der Waals surface area contributed by atoms with Gasteiger partial charge < -0.3 is 15.3 Å². The third kappa shape index (κ3) is 3.45. The lowest BCUT2D eigenvalue weighted by atomic mass is 9.86. The zero-order valence-electron chi connectivity index (χ0n) is 11.5. The van der Waals surface area contributed by atoms with Crippen LogP contribution < -0.4 is 5.32 Å². The van der Waals surface area contributed by atoms with E-state index in [0.717, 1.165) is 0 Å². The Hall–Kier alpha value is -1.24. The molecule has 1 saturated carbocycles. The van der Waals surface area contributed by atoms with E-state index in [0.29, 0.717) is 37.3 Å². The number of carbonyl (C=O) groups excluding carboxylic acids is 2. The van der Waals surface area contributed by atoms with Gasteiger partial charge in [-0.25, -0.2) is 0 Å². The number of nitrogens with one attached hydrogen (secondary N) is 1. The quantitative estimate of drug-likeness (QED) is 0.800. The minimum atomic E-state index is -0.746. The lowest BCUT2D eigenvalue weighted by Gasteiger charge is -2.29. The lowest BCUT2D eigenvalue weighted by Crippen LogP contribution is -2.50. The predicted octanol–water partition coefficient (Wildman–Crippen LogP) is 0.667. The minimum Gasteiger partial charge on any atom is -0.481 e. The molecule has 2 fully saturated rings. The molecular weight excluding hydrogens is 280 g/mol. The Morgan fingerprint density at radius 2 is 1.85 bits per heavy atom. The number of carboxylic acids is 1. The maximum Gasteiger partial charge on any atom is 0.306 e. The van der Waals surface area contributed by atoms with E-state index in [1.54, 1.807) is 16.7 Å². The molecule has 0 aromatic rings. The van der Waals surface area contributed by atoms with Crippen LogP contribution in [0, 0.1) is 5.92 Å². The fourth-order valence-corrected chi connectivity index (χ4v) is 3.97. The van der Waals surface area contributed by atoms with Crippen molar-refractivity contribution in [3.8, 4) is 0 Å². The number of nitrogens with zero attached hydrogens (tertiary/aromatic N) is 1. The van der Waals surface area contributed by atoms with Gasteiger partial charge in [0.05, 0.1) is 11.8 Å². The van der Waals surface area contributed by atoms with Crippen molar-refractivity contribution in [3.05, 3.63) is 0 Å². The molecule has 7 heteroatoms. The van der Waals surface area contributed by atoms with E-state index in [2.05, 4.69) is 5.32 Å². The number of thioether (sulfide) groups is 1. The highest BCUT2D eigenvalue weighted by atomic mass is 32.2. The molecular formula is C13H20N2O4S. The number of amides is 2. The average molecular weight is 300 g/mol. The first-order chi connectivity index (χ1) is 9.49. The summed E-state index contributed by atoms with van der Waals surface area (Å²) in [7, 11) is 0. The van der Waals surface area contributed by atoms with E-state index in [9.17, 15) is 14.4 Å². The summed E-state index contributed by atoms with van der Waals surface area (Å²) in [6.45, 7) is 1.48. The van der Waals surface area contributed by atoms with Gasteiger partial charge in [0.15, 0.2) is 0 Å². The smallest absolute Gasteiger partial charge is 0.306 e. The highest BCUT2D eigenvalue weighted by Crippen LogP contribution is 2.26. The third-order valence-electron chi connectivity index (χ3n) is 4.01. The van der Waals surface area contributed by atoms with Crippen molar-refractivity contribution < 1.29 is 19.5 Å². The van der Waals surface area contributed by atoms with Gasteiger partial charge in [0.1, 0.15) is 6.04 Å². The molecule has 1 aliphatic heterocycles. The summed E-state index contributed by atoms with van der Waals surface area (Å²) >= 11 is 1.58. The molecule has 2 rings (SSSR count). The molecule has 1 heterocycles. The molecule has 1 atom stereocenters. The minimum absolute atomic E-state index is 0.0394. The maximum atomic E-state index is 12.2. The van der Waals surface area contributed by atoms with Gasteiger partial charge in [-0.05, 0) is 25.7 Å². The summed E-state index contributed by atoms with van der Waals surface area (Å²) in [6, 6.07) is -0.341. The second-order valence-electron chi connectivity index (χ2n) is 5.40. The molecule has 2 aliphatic rings. The summed E-state index contributed by atoms with van der Waals surface area (Å²) in [5.41, 5.74) is 0. The van der Waals surface area contributed by atoms with E-state index < -0.39 is 5.97 Å². The summed E-state index contributed by atoms with van der Waals surface area (Å²) in [5, 5.41) is 11.9. The van der Waals surface area contributed by atoms with E-state index in [1.165, 1.54) is 6.92 Å². The van der Waals surface area contributed by atoms with Gasteiger partial charge in [0, 0.05) is 18.7 Å². The van der Waals surface area contributed by atoms with Gasteiger partial charge in [-0.2, -0.15) is 0 Å². The normalized spacial score (nSPS) is 30.1. The molecule has 0 bridgehead atoms. The second-order valence-corrected chi connectivity index (χ2v) is 6.40. The molecule has 2 N–H and O–H groups in total. The number of aliphatic carboxylic acids is 1. The van der Waals surface area contributed by atoms with Crippen molar-refractivity contribution in [3.63, 3.8) is 0 Å². The Morgan fingerprint density at radius 3 is 2.40 bits per heavy atom. The van der Waals surface area contributed by atoms with Crippen LogP contribution in [0.3, 0.4) is 0 Å². The highest BCUT2D eigenvalue weighted by molar-refractivity contribution is 7.99. The van der Waals surface area contributed by atoms with Crippen molar-refractivity contribution >= 4 is 29.5 Å². The van der Waals surface area contributed by atoms with E-state index >= 15 is 0 Å². The van der Waals surface area contributed by atoms with E-state index in [1.807, 2.05) is 0 Å². The van der Waals surface area contributed by atoms with Crippen molar-refractivity contribution in [2.75, 3.05) is 11.6 Å². The van der Waals surface area contributed by atoms with Crippen LogP contribution in [0.2, 0.25) is 0 Å². The highest BCUT2D eigenvalue weighted by Gasteiger charge is 2.35. The number of carboxylic acid groups (broad SMARTS) is 1. The van der Waals surface area contributed by atoms with Crippen molar-refractivity contribution in [2.45, 2.75) is 44.7 Å². The van der Waals surface area contributed by atoms with Crippen LogP contribution >= 0.6 is 11.8 Å². The zero-order chi connectivity index (χ0) is 14.7. The zero-order valence-corrected chi connectivity index (χ0v) is 12.3. The van der Waals surface area contributed by atoms with Gasteiger partial charge in [-0.1, -0.05) is 0 Å². The second kappa shape index (κ2) is 6.47. The first-order valence-corrected chi connectivity index (χ1v) is 8.02. The Kier molecular flexibility index (Phi) is 4.91. The molecule has 20 heavy (non-hydrogen) atoms. The summed E-state index contributed by atoms with van der Waals surface area (Å²) in [6.07, 6.45) is 2.61. The maximum absolute atomic E-state index is 12.2. The Labute approximate surface area is 122 Å². The van der Waals surface area contributed by atoms with Gasteiger partial charge in [-0.3, -0.25) is 14.4 Å². The molecule has 2 amide bonds. The molecule has 1 aliphatic carbocycles. The Bertz CT molecular complexity index is 407. The molecule has 6 nitrogen and oxygen atoms in total. The van der Waals surface area contributed by atoms with Crippen molar-refractivity contribution in [1.29, 1.82) is 0 Å². The van der Waals surface area contributed by atoms with Crippen LogP contribution in [0.5, 0.6) is 0 Å². The van der Waals surface area contributed by atoms with Crippen LogP contribution in [0.4, 0.5) is 0 Å². The lowest BCUT2D eigenvalue weighted by molar-refractivity contribution is -0.143. The summed E-state index contributed by atoms with van der Waals surface area (Å²) in [5.74, 6) is -0.00736. The monoisotopic (exact) mass is 300 g/mol. The standard InChI is InChI=1S/C13H20N2O4S/c1-8(16)15-7-20-6-11(15)12(17)14-10-4-2-9(3-5-10)13(18)19/h9-11H,2-7H2,1H3,(H,14,17)(H,18,19). The number of hydrogen-bond donors (Lipinski definition) is 2. The number of rotatable bonds is 3. The molecule has 112 valence electrons. The molecule has 1 saturated heterocycles. The van der Waals surface area contributed by atoms with Gasteiger partial charge >= 0.3 is 5.97 Å². The van der Waals surface area contributed by atoms with Crippen LogP contribution in [0.1, 0.15) is 32.6 Å². The summed E-state index contributed by atoms with van der Waals surface area (Å²) < 4.78 is 0. The molecule has 1 unspecified atom stereocenters. The first kappa shape index (κ1) is 15.2. The average Bonchev–Trinajstić information content (AvgIpc) is 2.88. The molecule has 0 spiro atoms. The topological polar surface area (TPSA) is 86.7 Å². The van der Waals surface area contributed by atoms with Crippen molar-refractivity contribution in [2.24, 2.45) is 5.92 Å². The summed E-state index contributed by atoms with van der Waals surface area (Å²) in [4.78, 5) is 36.1. The fraction of sp³-hybridized carbons (Fsp3) is 0.769. The molecule has 0 aromatic carbocycles. The van der Waals surface area contributed by atoms with E-state index in [4.69, 9.17) is 5.11 Å². The van der Waals surface area contributed by atoms with Gasteiger partial charge in [0.2, 0.25) is 11.8 Å². The molecule has 0 radical (unpaired) electrons. The Morgan fingerprint density at radius 1 is 1.20 bits per heavy atom. The van der Waals surface area contributed by atoms with Gasteiger partial charge in [0.25, 0.3) is 0 Å². The fourth-order valence-electron chi connectivity index (χ4n) is 2.75. The van der Waals surface area contributed by atoms with E-state index in [-0.39, 0.29) is 29.8 Å². The van der Waals surface area contributed by atoms with Gasteiger partial charge in [-0.15, -0.1) is 11.8 Å². The predicted molar refractivity (Wildman–Crippen MR) is 75.2 cm³/mol. The molecule has 0 aromatic heterocycles. The number of hydrogen-bond acceptors (Lipinski definition) is 4. The van der Waals surface area contributed by atoms with Crippen LogP contribution in [0.15, 0.2) is 0 Å². The van der Waals surface area contributed by atoms with Crippen LogP contribution in [0.25, 0.3) is 0 Å². The van der Waals surface area contributed by atoms with Crippen LogP contribution in [-0.2, 0) is 14.4 Å². The third-order valence-corrected chi connectivity index (χ3v) is 5.02. The Balaban J connectivity index is 1.83. The number of carbonyl (C=O) groups is 3.